The summed E-state index contributed by atoms with van der Waals surface area (Å²) in [5, 5.41) is 13.8. The lowest BCUT2D eigenvalue weighted by molar-refractivity contribution is 0.103. The molecule has 1 amide bonds. The maximum Gasteiger partial charge on any atom is 0.265 e. The molecule has 0 saturated carbocycles. The van der Waals surface area contributed by atoms with Crippen molar-refractivity contribution >= 4 is 60.4 Å². The highest BCUT2D eigenvalue weighted by Crippen LogP contribution is 2.37. The van der Waals surface area contributed by atoms with E-state index in [4.69, 9.17) is 0 Å². The fraction of sp³-hybridized carbons (Fsp3) is 0. The van der Waals surface area contributed by atoms with Gasteiger partial charge in [-0.05, 0) is 58.4 Å². The van der Waals surface area contributed by atoms with E-state index >= 15 is 0 Å². The zero-order chi connectivity index (χ0) is 17.4. The summed E-state index contributed by atoms with van der Waals surface area (Å²) in [6.45, 7) is 0. The Kier molecular flexibility index (Phi) is 4.29. The molecule has 0 aliphatic heterocycles. The monoisotopic (exact) mass is 430 g/mol. The number of phenols is 1. The highest BCUT2D eigenvalue weighted by molar-refractivity contribution is 9.11. The van der Waals surface area contributed by atoms with Gasteiger partial charge in [0.05, 0.1) is 24.4 Å². The molecule has 0 unspecified atom stereocenters. The lowest BCUT2D eigenvalue weighted by atomic mass is 10.2. The highest BCUT2D eigenvalue weighted by Gasteiger charge is 2.13. The number of rotatable bonds is 3. The first-order valence-corrected chi connectivity index (χ1v) is 9.78. The lowest BCUT2D eigenvalue weighted by Gasteiger charge is -2.07. The molecule has 0 atom stereocenters. The number of nitrogens with zero attached hydrogens (tertiary/aromatic N) is 1. The summed E-state index contributed by atoms with van der Waals surface area (Å²) in [6, 6.07) is 16.4. The number of aromatic hydroxyl groups is 1. The van der Waals surface area contributed by atoms with E-state index in [1.807, 2.05) is 30.3 Å². The van der Waals surface area contributed by atoms with Gasteiger partial charge < -0.3 is 10.4 Å². The predicted molar refractivity (Wildman–Crippen MR) is 107 cm³/mol. The number of carbonyl (C=O) groups is 1. The number of thiazole rings is 1. The number of para-hydroxylation sites is 1. The fourth-order valence-corrected chi connectivity index (χ4v) is 4.67. The molecule has 25 heavy (non-hydrogen) atoms. The molecule has 0 fully saturated rings. The van der Waals surface area contributed by atoms with Crippen molar-refractivity contribution in [2.24, 2.45) is 0 Å². The van der Waals surface area contributed by atoms with Gasteiger partial charge in [0.2, 0.25) is 0 Å². The second-order valence-corrected chi connectivity index (χ2v) is 8.77. The Morgan fingerprint density at radius 2 is 1.92 bits per heavy atom. The molecule has 4 rings (SSSR count). The third-order valence-corrected chi connectivity index (χ3v) is 6.27. The molecule has 2 heterocycles. The summed E-state index contributed by atoms with van der Waals surface area (Å²) in [7, 11) is 0. The van der Waals surface area contributed by atoms with Crippen molar-refractivity contribution < 1.29 is 9.90 Å². The molecular weight excluding hydrogens is 420 g/mol. The average Bonchev–Trinajstić information content (AvgIpc) is 3.22. The Labute approximate surface area is 159 Å². The topological polar surface area (TPSA) is 62.2 Å². The Morgan fingerprint density at radius 3 is 2.68 bits per heavy atom. The highest BCUT2D eigenvalue weighted by atomic mass is 79.9. The summed E-state index contributed by atoms with van der Waals surface area (Å²) in [5.41, 5.74) is 2.10. The van der Waals surface area contributed by atoms with Gasteiger partial charge in [-0.1, -0.05) is 12.1 Å². The van der Waals surface area contributed by atoms with Crippen LogP contribution in [0.15, 0.2) is 58.4 Å². The number of benzene rings is 2. The van der Waals surface area contributed by atoms with Crippen LogP contribution in [0.5, 0.6) is 5.75 Å². The SMILES string of the molecule is O=C(Nc1ccc(O)c(-c2nc3ccccc3s2)c1)c1ccc(Br)s1. The summed E-state index contributed by atoms with van der Waals surface area (Å²) in [5.74, 6) is -0.0486. The maximum atomic E-state index is 12.3. The van der Waals surface area contributed by atoms with Crippen molar-refractivity contribution in [2.45, 2.75) is 0 Å². The molecule has 0 bridgehead atoms. The maximum absolute atomic E-state index is 12.3. The largest absolute Gasteiger partial charge is 0.507 e. The van der Waals surface area contributed by atoms with Gasteiger partial charge in [0.25, 0.3) is 5.91 Å². The second-order valence-electron chi connectivity index (χ2n) is 5.28. The molecule has 0 aliphatic carbocycles. The van der Waals surface area contributed by atoms with Gasteiger partial charge in [0.15, 0.2) is 0 Å². The summed E-state index contributed by atoms with van der Waals surface area (Å²) >= 11 is 6.22. The standard InChI is InChI=1S/C18H11BrN2O2S2/c19-16-8-7-15(24-16)17(23)20-10-5-6-13(22)11(9-10)18-21-12-3-1-2-4-14(12)25-18/h1-9,22H,(H,20,23). The van der Waals surface area contributed by atoms with Gasteiger partial charge in [-0.15, -0.1) is 22.7 Å². The van der Waals surface area contributed by atoms with E-state index in [1.54, 1.807) is 24.3 Å². The van der Waals surface area contributed by atoms with Gasteiger partial charge in [-0.3, -0.25) is 4.79 Å². The van der Waals surface area contributed by atoms with Crippen LogP contribution >= 0.6 is 38.6 Å². The molecular formula is C18H11BrN2O2S2. The molecule has 2 N–H and O–H groups in total. The molecule has 2 aromatic carbocycles. The minimum Gasteiger partial charge on any atom is -0.507 e. The molecule has 4 nitrogen and oxygen atoms in total. The lowest BCUT2D eigenvalue weighted by Crippen LogP contribution is -2.09. The van der Waals surface area contributed by atoms with Gasteiger partial charge in [0, 0.05) is 5.69 Å². The molecule has 2 aromatic heterocycles. The van der Waals surface area contributed by atoms with Crippen molar-refractivity contribution in [3.05, 3.63) is 63.3 Å². The number of nitrogens with one attached hydrogen (secondary N) is 1. The van der Waals surface area contributed by atoms with Gasteiger partial charge in [-0.25, -0.2) is 4.98 Å². The zero-order valence-corrected chi connectivity index (χ0v) is 15.9. The van der Waals surface area contributed by atoms with E-state index in [0.29, 0.717) is 21.1 Å². The Bertz CT molecular complexity index is 1050. The summed E-state index contributed by atoms with van der Waals surface area (Å²) < 4.78 is 1.95. The van der Waals surface area contributed by atoms with Crippen LogP contribution in [0, 0.1) is 0 Å². The van der Waals surface area contributed by atoms with Crippen LogP contribution in [0.3, 0.4) is 0 Å². The Hall–Kier alpha value is -2.22. The number of halogens is 1. The van der Waals surface area contributed by atoms with E-state index in [9.17, 15) is 9.90 Å². The number of aromatic nitrogens is 1. The zero-order valence-electron chi connectivity index (χ0n) is 12.7. The first-order valence-electron chi connectivity index (χ1n) is 7.36. The minimum atomic E-state index is -0.184. The van der Waals surface area contributed by atoms with E-state index in [2.05, 4.69) is 26.2 Å². The number of fused-ring (bicyclic) bond motifs is 1. The fourth-order valence-electron chi connectivity index (χ4n) is 2.40. The van der Waals surface area contributed by atoms with Crippen molar-refractivity contribution in [1.29, 1.82) is 0 Å². The second kappa shape index (κ2) is 6.59. The molecule has 0 saturated heterocycles. The number of carbonyl (C=O) groups excluding carboxylic acids is 1. The number of hydrogen-bond donors (Lipinski definition) is 2. The van der Waals surface area contributed by atoms with Crippen LogP contribution in [0.25, 0.3) is 20.8 Å². The summed E-state index contributed by atoms with van der Waals surface area (Å²) in [4.78, 5) is 17.5. The van der Waals surface area contributed by atoms with Crippen LogP contribution in [0.2, 0.25) is 0 Å². The molecule has 0 radical (unpaired) electrons. The van der Waals surface area contributed by atoms with Gasteiger partial charge in [-0.2, -0.15) is 0 Å². The third-order valence-electron chi connectivity index (χ3n) is 3.58. The number of anilines is 1. The quantitative estimate of drug-likeness (QED) is 0.407. The number of phenolic OH excluding ortho intramolecular Hbond substituents is 1. The van der Waals surface area contributed by atoms with Gasteiger partial charge in [0.1, 0.15) is 10.8 Å². The van der Waals surface area contributed by atoms with E-state index < -0.39 is 0 Å². The van der Waals surface area contributed by atoms with Crippen molar-refractivity contribution in [3.8, 4) is 16.3 Å². The number of amides is 1. The molecule has 4 aromatic rings. The van der Waals surface area contributed by atoms with E-state index in [1.165, 1.54) is 22.7 Å². The van der Waals surface area contributed by atoms with Crippen LogP contribution in [-0.2, 0) is 0 Å². The average molecular weight is 431 g/mol. The molecule has 0 aliphatic rings. The van der Waals surface area contributed by atoms with E-state index in [-0.39, 0.29) is 11.7 Å². The molecule has 0 spiro atoms. The smallest absolute Gasteiger partial charge is 0.265 e. The number of hydrogen-bond acceptors (Lipinski definition) is 5. The molecule has 124 valence electrons. The first-order chi connectivity index (χ1) is 12.1. The molecule has 7 heteroatoms. The third kappa shape index (κ3) is 3.30. The Morgan fingerprint density at radius 1 is 1.08 bits per heavy atom. The first kappa shape index (κ1) is 16.3. The van der Waals surface area contributed by atoms with Crippen molar-refractivity contribution in [3.63, 3.8) is 0 Å². The predicted octanol–water partition coefficient (Wildman–Crippen LogP) is 5.75. The van der Waals surface area contributed by atoms with E-state index in [0.717, 1.165) is 14.0 Å². The van der Waals surface area contributed by atoms with Crippen LogP contribution in [0.4, 0.5) is 5.69 Å². The number of thiophene rings is 1. The normalized spacial score (nSPS) is 10.9. The summed E-state index contributed by atoms with van der Waals surface area (Å²) in [6.07, 6.45) is 0. The van der Waals surface area contributed by atoms with Crippen molar-refractivity contribution in [1.82, 2.24) is 4.98 Å². The van der Waals surface area contributed by atoms with Crippen LogP contribution < -0.4 is 5.32 Å². The minimum absolute atomic E-state index is 0.135. The van der Waals surface area contributed by atoms with Crippen molar-refractivity contribution in [2.75, 3.05) is 5.32 Å². The Balaban J connectivity index is 1.67. The van der Waals surface area contributed by atoms with Crippen LogP contribution in [0.1, 0.15) is 9.67 Å². The van der Waals surface area contributed by atoms with Gasteiger partial charge >= 0.3 is 0 Å². The van der Waals surface area contributed by atoms with Crippen LogP contribution in [-0.4, -0.2) is 16.0 Å².